The molecule has 5 nitrogen and oxygen atoms in total. The van der Waals surface area contributed by atoms with Gasteiger partial charge in [-0.2, -0.15) is 4.98 Å². The van der Waals surface area contributed by atoms with Crippen molar-refractivity contribution in [3.8, 4) is 17.2 Å². The van der Waals surface area contributed by atoms with E-state index in [1.165, 1.54) is 0 Å². The van der Waals surface area contributed by atoms with E-state index >= 15 is 0 Å². The van der Waals surface area contributed by atoms with Crippen LogP contribution in [0.1, 0.15) is 18.8 Å². The van der Waals surface area contributed by atoms with Gasteiger partial charge in [-0.25, -0.2) is 0 Å². The molecule has 0 saturated carbocycles. The average Bonchev–Trinajstić information content (AvgIpc) is 2.87. The Hall–Kier alpha value is -1.88. The summed E-state index contributed by atoms with van der Waals surface area (Å²) in [4.78, 5) is 4.34. The molecule has 1 aromatic carbocycles. The molecule has 0 saturated heterocycles. The zero-order valence-corrected chi connectivity index (χ0v) is 10.1. The molecule has 1 aromatic heterocycles. The van der Waals surface area contributed by atoms with E-state index < -0.39 is 0 Å². The highest BCUT2D eigenvalue weighted by Gasteiger charge is 2.15. The Labute approximate surface area is 99.8 Å². The third-order valence-corrected chi connectivity index (χ3v) is 2.60. The number of benzene rings is 1. The highest BCUT2D eigenvalue weighted by molar-refractivity contribution is 5.62. The maximum atomic E-state index is 5.25. The number of nitrogens with one attached hydrogen (secondary N) is 1. The molecule has 5 heteroatoms. The number of nitrogens with zero attached hydrogens (tertiary/aromatic N) is 2. The number of rotatable bonds is 4. The van der Waals surface area contributed by atoms with Crippen molar-refractivity contribution < 1.29 is 9.26 Å². The monoisotopic (exact) mass is 233 g/mol. The highest BCUT2D eigenvalue weighted by Crippen LogP contribution is 2.28. The molecule has 0 radical (unpaired) electrons. The smallest absolute Gasteiger partial charge is 0.261 e. The van der Waals surface area contributed by atoms with Crippen molar-refractivity contribution in [1.29, 1.82) is 0 Å². The predicted molar refractivity (Wildman–Crippen MR) is 63.8 cm³/mol. The Morgan fingerprint density at radius 1 is 1.35 bits per heavy atom. The van der Waals surface area contributed by atoms with Gasteiger partial charge in [0, 0.05) is 0 Å². The van der Waals surface area contributed by atoms with Gasteiger partial charge in [0.25, 0.3) is 5.89 Å². The normalized spacial score (nSPS) is 12.4. The second kappa shape index (κ2) is 4.97. The van der Waals surface area contributed by atoms with Crippen LogP contribution >= 0.6 is 0 Å². The summed E-state index contributed by atoms with van der Waals surface area (Å²) in [5, 5.41) is 6.99. The minimum absolute atomic E-state index is 0.0576. The fraction of sp³-hybridized carbons (Fsp3) is 0.333. The zero-order valence-electron chi connectivity index (χ0n) is 10.1. The third kappa shape index (κ3) is 2.29. The standard InChI is InChI=1S/C12H15N3O2/c1-8(13-2)11-14-12(17-15-11)9-6-4-5-7-10(9)16-3/h4-8,13H,1-3H3. The maximum Gasteiger partial charge on any atom is 0.261 e. The fourth-order valence-electron chi connectivity index (χ4n) is 1.47. The van der Waals surface area contributed by atoms with Gasteiger partial charge in [-0.05, 0) is 26.1 Å². The van der Waals surface area contributed by atoms with Crippen molar-refractivity contribution in [2.75, 3.05) is 14.2 Å². The van der Waals surface area contributed by atoms with Gasteiger partial charge in [0.15, 0.2) is 5.82 Å². The summed E-state index contributed by atoms with van der Waals surface area (Å²) >= 11 is 0. The van der Waals surface area contributed by atoms with Gasteiger partial charge in [-0.15, -0.1) is 0 Å². The molecule has 0 amide bonds. The van der Waals surface area contributed by atoms with E-state index in [4.69, 9.17) is 9.26 Å². The number of hydrogen-bond acceptors (Lipinski definition) is 5. The molecule has 0 spiro atoms. The number of para-hydroxylation sites is 1. The molecule has 2 aromatic rings. The third-order valence-electron chi connectivity index (χ3n) is 2.60. The first kappa shape index (κ1) is 11.6. The summed E-state index contributed by atoms with van der Waals surface area (Å²) in [5.41, 5.74) is 0.803. The van der Waals surface area contributed by atoms with Crippen LogP contribution in [-0.2, 0) is 0 Å². The lowest BCUT2D eigenvalue weighted by molar-refractivity contribution is 0.399. The molecule has 1 N–H and O–H groups in total. The second-order valence-corrected chi connectivity index (χ2v) is 3.67. The summed E-state index contributed by atoms with van der Waals surface area (Å²) in [6.45, 7) is 1.97. The van der Waals surface area contributed by atoms with Crippen LogP contribution in [0.3, 0.4) is 0 Å². The van der Waals surface area contributed by atoms with Crippen LogP contribution in [0.5, 0.6) is 5.75 Å². The van der Waals surface area contributed by atoms with Crippen molar-refractivity contribution in [3.63, 3.8) is 0 Å². The molecule has 1 heterocycles. The van der Waals surface area contributed by atoms with Gasteiger partial charge in [0.1, 0.15) is 5.75 Å². The predicted octanol–water partition coefficient (Wildman–Crippen LogP) is 2.03. The van der Waals surface area contributed by atoms with Gasteiger partial charge >= 0.3 is 0 Å². The van der Waals surface area contributed by atoms with Crippen molar-refractivity contribution in [3.05, 3.63) is 30.1 Å². The molecule has 17 heavy (non-hydrogen) atoms. The molecular weight excluding hydrogens is 218 g/mol. The summed E-state index contributed by atoms with van der Waals surface area (Å²) in [6.07, 6.45) is 0. The second-order valence-electron chi connectivity index (χ2n) is 3.67. The zero-order chi connectivity index (χ0) is 12.3. The van der Waals surface area contributed by atoms with Crippen LogP contribution in [0, 0.1) is 0 Å². The fourth-order valence-corrected chi connectivity index (χ4v) is 1.47. The van der Waals surface area contributed by atoms with Crippen molar-refractivity contribution in [2.45, 2.75) is 13.0 Å². The molecule has 0 aliphatic heterocycles. The Morgan fingerprint density at radius 2 is 2.12 bits per heavy atom. The molecule has 2 rings (SSSR count). The summed E-state index contributed by atoms with van der Waals surface area (Å²) in [6, 6.07) is 7.61. The quantitative estimate of drug-likeness (QED) is 0.875. The molecule has 1 atom stereocenters. The summed E-state index contributed by atoms with van der Waals surface area (Å²) < 4.78 is 10.5. The topological polar surface area (TPSA) is 60.2 Å². The van der Waals surface area contributed by atoms with Crippen LogP contribution in [0.15, 0.2) is 28.8 Å². The van der Waals surface area contributed by atoms with Gasteiger partial charge in [0.05, 0.1) is 18.7 Å². The lowest BCUT2D eigenvalue weighted by Gasteiger charge is -2.03. The molecule has 0 aliphatic rings. The van der Waals surface area contributed by atoms with Gasteiger partial charge in [-0.3, -0.25) is 0 Å². The maximum absolute atomic E-state index is 5.25. The van der Waals surface area contributed by atoms with Gasteiger partial charge in [0.2, 0.25) is 0 Å². The number of methoxy groups -OCH3 is 1. The van der Waals surface area contributed by atoms with E-state index in [2.05, 4.69) is 15.5 Å². The van der Waals surface area contributed by atoms with Crippen molar-refractivity contribution in [1.82, 2.24) is 15.5 Å². The molecular formula is C12H15N3O2. The Kier molecular flexibility index (Phi) is 3.39. The number of ether oxygens (including phenoxy) is 1. The lowest BCUT2D eigenvalue weighted by atomic mass is 10.2. The first-order chi connectivity index (χ1) is 8.26. The van der Waals surface area contributed by atoms with Crippen molar-refractivity contribution in [2.24, 2.45) is 0 Å². The Bertz CT molecular complexity index is 496. The Balaban J connectivity index is 2.37. The lowest BCUT2D eigenvalue weighted by Crippen LogP contribution is -2.13. The molecule has 0 aliphatic carbocycles. The largest absolute Gasteiger partial charge is 0.496 e. The Morgan fingerprint density at radius 3 is 2.82 bits per heavy atom. The molecule has 0 fully saturated rings. The van der Waals surface area contributed by atoms with Crippen LogP contribution in [0.2, 0.25) is 0 Å². The molecule has 1 unspecified atom stereocenters. The van der Waals surface area contributed by atoms with E-state index in [9.17, 15) is 0 Å². The van der Waals surface area contributed by atoms with E-state index in [0.717, 1.165) is 11.3 Å². The first-order valence-electron chi connectivity index (χ1n) is 5.40. The first-order valence-corrected chi connectivity index (χ1v) is 5.40. The molecule has 0 bridgehead atoms. The van der Waals surface area contributed by atoms with Gasteiger partial charge in [-0.1, -0.05) is 17.3 Å². The molecule has 90 valence electrons. The minimum atomic E-state index is 0.0576. The highest BCUT2D eigenvalue weighted by atomic mass is 16.5. The van der Waals surface area contributed by atoms with E-state index in [1.807, 2.05) is 38.2 Å². The van der Waals surface area contributed by atoms with Crippen LogP contribution in [0.25, 0.3) is 11.5 Å². The minimum Gasteiger partial charge on any atom is -0.496 e. The van der Waals surface area contributed by atoms with E-state index in [-0.39, 0.29) is 6.04 Å². The SMILES string of the molecule is CNC(C)c1noc(-c2ccccc2OC)n1. The van der Waals surface area contributed by atoms with Crippen LogP contribution < -0.4 is 10.1 Å². The van der Waals surface area contributed by atoms with Crippen LogP contribution in [-0.4, -0.2) is 24.3 Å². The average molecular weight is 233 g/mol. The number of aromatic nitrogens is 2. The summed E-state index contributed by atoms with van der Waals surface area (Å²) in [7, 11) is 3.47. The number of hydrogen-bond donors (Lipinski definition) is 1. The van der Waals surface area contributed by atoms with E-state index in [1.54, 1.807) is 7.11 Å². The van der Waals surface area contributed by atoms with Gasteiger partial charge < -0.3 is 14.6 Å². The van der Waals surface area contributed by atoms with Crippen molar-refractivity contribution >= 4 is 0 Å². The van der Waals surface area contributed by atoms with E-state index in [0.29, 0.717) is 11.7 Å². The van der Waals surface area contributed by atoms with Crippen LogP contribution in [0.4, 0.5) is 0 Å². The summed E-state index contributed by atoms with van der Waals surface area (Å²) in [5.74, 6) is 1.83.